The summed E-state index contributed by atoms with van der Waals surface area (Å²) in [6.45, 7) is 9.35. The third-order valence-electron chi connectivity index (χ3n) is 2.88. The van der Waals surface area contributed by atoms with Crippen LogP contribution in [-0.4, -0.2) is 34.0 Å². The summed E-state index contributed by atoms with van der Waals surface area (Å²) in [6.07, 6.45) is -0.0705. The number of carbonyl (C=O) groups excluding carboxylic acids is 1. The summed E-state index contributed by atoms with van der Waals surface area (Å²) in [7, 11) is 0. The number of carboxylic acid groups (broad SMARTS) is 1. The molecular weight excluding hydrogens is 246 g/mol. The van der Waals surface area contributed by atoms with Crippen molar-refractivity contribution >= 4 is 11.9 Å². The van der Waals surface area contributed by atoms with E-state index in [-0.39, 0.29) is 18.9 Å². The van der Waals surface area contributed by atoms with Gasteiger partial charge in [0.15, 0.2) is 0 Å². The van der Waals surface area contributed by atoms with Gasteiger partial charge in [-0.1, -0.05) is 0 Å². The monoisotopic (exact) mass is 267 g/mol. The second-order valence-electron chi connectivity index (χ2n) is 5.60. The van der Waals surface area contributed by atoms with Crippen molar-refractivity contribution in [2.24, 2.45) is 0 Å². The van der Waals surface area contributed by atoms with E-state index >= 15 is 0 Å². The summed E-state index contributed by atoms with van der Waals surface area (Å²) in [5, 5.41) is 8.78. The molecule has 19 heavy (non-hydrogen) atoms. The second kappa shape index (κ2) is 5.47. The molecule has 0 atom stereocenters. The SMILES string of the molecule is Cc1cc(C(=O)N(CCC(=O)O)C(C)(C)C)c(C)o1. The fourth-order valence-corrected chi connectivity index (χ4v) is 1.94. The number of aliphatic carboxylic acids is 1. The maximum absolute atomic E-state index is 12.5. The van der Waals surface area contributed by atoms with Crippen LogP contribution in [0, 0.1) is 13.8 Å². The zero-order chi connectivity index (χ0) is 14.8. The number of hydrogen-bond acceptors (Lipinski definition) is 3. The summed E-state index contributed by atoms with van der Waals surface area (Å²) < 4.78 is 5.36. The summed E-state index contributed by atoms with van der Waals surface area (Å²) in [5.41, 5.74) is 0.0576. The van der Waals surface area contributed by atoms with Gasteiger partial charge in [-0.15, -0.1) is 0 Å². The smallest absolute Gasteiger partial charge is 0.305 e. The molecule has 1 aromatic rings. The standard InChI is InChI=1S/C14H21NO4/c1-9-8-11(10(2)19-9)13(18)15(14(3,4)5)7-6-12(16)17/h8H,6-7H2,1-5H3,(H,16,17). The highest BCUT2D eigenvalue weighted by Gasteiger charge is 2.29. The van der Waals surface area contributed by atoms with Crippen molar-refractivity contribution in [3.8, 4) is 0 Å². The molecule has 106 valence electrons. The van der Waals surface area contributed by atoms with E-state index in [0.717, 1.165) is 0 Å². The molecule has 0 aliphatic rings. The first-order valence-electron chi connectivity index (χ1n) is 6.23. The van der Waals surface area contributed by atoms with Crippen molar-refractivity contribution in [3.05, 3.63) is 23.2 Å². The molecule has 0 radical (unpaired) electrons. The molecule has 1 aromatic heterocycles. The highest BCUT2D eigenvalue weighted by molar-refractivity contribution is 5.96. The fraction of sp³-hybridized carbons (Fsp3) is 0.571. The Labute approximate surface area is 113 Å². The van der Waals surface area contributed by atoms with Crippen LogP contribution in [0.2, 0.25) is 0 Å². The lowest BCUT2D eigenvalue weighted by Gasteiger charge is -2.35. The number of furan rings is 1. The molecule has 0 unspecified atom stereocenters. The number of nitrogens with zero attached hydrogens (tertiary/aromatic N) is 1. The molecular formula is C14H21NO4. The third-order valence-corrected chi connectivity index (χ3v) is 2.88. The van der Waals surface area contributed by atoms with Crippen molar-refractivity contribution in [2.75, 3.05) is 6.54 Å². The Bertz CT molecular complexity index is 482. The highest BCUT2D eigenvalue weighted by atomic mass is 16.4. The number of carboxylic acids is 1. The van der Waals surface area contributed by atoms with Gasteiger partial charge in [0.1, 0.15) is 11.5 Å². The summed E-state index contributed by atoms with van der Waals surface area (Å²) in [6, 6.07) is 1.69. The highest BCUT2D eigenvalue weighted by Crippen LogP contribution is 2.21. The maximum Gasteiger partial charge on any atom is 0.305 e. The number of aryl methyl sites for hydroxylation is 2. The predicted octanol–water partition coefficient (Wildman–Crippen LogP) is 2.61. The molecule has 1 amide bonds. The third kappa shape index (κ3) is 3.84. The van der Waals surface area contributed by atoms with Crippen LogP contribution in [0.15, 0.2) is 10.5 Å². The Hall–Kier alpha value is -1.78. The van der Waals surface area contributed by atoms with Gasteiger partial charge >= 0.3 is 5.97 Å². The average molecular weight is 267 g/mol. The van der Waals surface area contributed by atoms with Gasteiger partial charge in [0.05, 0.1) is 12.0 Å². The molecule has 0 saturated heterocycles. The Balaban J connectivity index is 3.01. The van der Waals surface area contributed by atoms with Gasteiger partial charge in [0.25, 0.3) is 5.91 Å². The first-order valence-corrected chi connectivity index (χ1v) is 6.23. The topological polar surface area (TPSA) is 70.8 Å². The van der Waals surface area contributed by atoms with Crippen LogP contribution < -0.4 is 0 Å². The van der Waals surface area contributed by atoms with Crippen LogP contribution in [0.25, 0.3) is 0 Å². The number of amides is 1. The Morgan fingerprint density at radius 2 is 1.89 bits per heavy atom. The van der Waals surface area contributed by atoms with E-state index < -0.39 is 11.5 Å². The lowest BCUT2D eigenvalue weighted by atomic mass is 10.0. The first kappa shape index (κ1) is 15.3. The van der Waals surface area contributed by atoms with Crippen molar-refractivity contribution < 1.29 is 19.1 Å². The van der Waals surface area contributed by atoms with Gasteiger partial charge < -0.3 is 14.4 Å². The maximum atomic E-state index is 12.5. The quantitative estimate of drug-likeness (QED) is 0.910. The molecule has 0 saturated carbocycles. The van der Waals surface area contributed by atoms with Gasteiger partial charge in [-0.05, 0) is 40.7 Å². The zero-order valence-corrected chi connectivity index (χ0v) is 12.1. The first-order chi connectivity index (χ1) is 8.62. The molecule has 1 rings (SSSR count). The molecule has 1 heterocycles. The van der Waals surface area contributed by atoms with E-state index in [2.05, 4.69) is 0 Å². The Morgan fingerprint density at radius 3 is 2.26 bits per heavy atom. The van der Waals surface area contributed by atoms with E-state index in [9.17, 15) is 9.59 Å². The Morgan fingerprint density at radius 1 is 1.32 bits per heavy atom. The van der Waals surface area contributed by atoms with E-state index in [0.29, 0.717) is 17.1 Å². The van der Waals surface area contributed by atoms with Crippen LogP contribution in [0.1, 0.15) is 49.1 Å². The minimum absolute atomic E-state index is 0.0705. The lowest BCUT2D eigenvalue weighted by Crippen LogP contribution is -2.46. The van der Waals surface area contributed by atoms with Gasteiger partial charge in [-0.2, -0.15) is 0 Å². The van der Waals surface area contributed by atoms with Gasteiger partial charge in [-0.25, -0.2) is 0 Å². The van der Waals surface area contributed by atoms with Gasteiger partial charge in [-0.3, -0.25) is 9.59 Å². The molecule has 0 aliphatic heterocycles. The molecule has 0 fully saturated rings. The molecule has 1 N–H and O–H groups in total. The molecule has 0 bridgehead atoms. The molecule has 5 heteroatoms. The Kier molecular flexibility index (Phi) is 4.39. The van der Waals surface area contributed by atoms with E-state index in [4.69, 9.17) is 9.52 Å². The minimum Gasteiger partial charge on any atom is -0.481 e. The molecule has 0 aromatic carbocycles. The summed E-state index contributed by atoms with van der Waals surface area (Å²) >= 11 is 0. The predicted molar refractivity (Wildman–Crippen MR) is 71.2 cm³/mol. The largest absolute Gasteiger partial charge is 0.481 e. The normalized spacial score (nSPS) is 11.4. The number of rotatable bonds is 4. The molecule has 0 aliphatic carbocycles. The fourth-order valence-electron chi connectivity index (χ4n) is 1.94. The van der Waals surface area contributed by atoms with Crippen molar-refractivity contribution in [3.63, 3.8) is 0 Å². The van der Waals surface area contributed by atoms with Crippen LogP contribution in [-0.2, 0) is 4.79 Å². The van der Waals surface area contributed by atoms with Crippen molar-refractivity contribution in [1.29, 1.82) is 0 Å². The van der Waals surface area contributed by atoms with Crippen LogP contribution in [0.5, 0.6) is 0 Å². The van der Waals surface area contributed by atoms with E-state index in [1.165, 1.54) is 0 Å². The van der Waals surface area contributed by atoms with Crippen LogP contribution in [0.3, 0.4) is 0 Å². The second-order valence-corrected chi connectivity index (χ2v) is 5.60. The molecule has 0 spiro atoms. The van der Waals surface area contributed by atoms with E-state index in [1.54, 1.807) is 24.8 Å². The average Bonchev–Trinajstić information content (AvgIpc) is 2.55. The zero-order valence-electron chi connectivity index (χ0n) is 12.1. The van der Waals surface area contributed by atoms with Crippen LogP contribution in [0.4, 0.5) is 0 Å². The summed E-state index contributed by atoms with van der Waals surface area (Å²) in [5.74, 6) is 0.130. The van der Waals surface area contributed by atoms with E-state index in [1.807, 2.05) is 20.8 Å². The number of hydrogen-bond donors (Lipinski definition) is 1. The molecule has 5 nitrogen and oxygen atoms in total. The van der Waals surface area contributed by atoms with Gasteiger partial charge in [0.2, 0.25) is 0 Å². The summed E-state index contributed by atoms with van der Waals surface area (Å²) in [4.78, 5) is 24.8. The van der Waals surface area contributed by atoms with Crippen molar-refractivity contribution in [2.45, 2.75) is 46.6 Å². The van der Waals surface area contributed by atoms with Crippen LogP contribution >= 0.6 is 0 Å². The minimum atomic E-state index is -0.915. The van der Waals surface area contributed by atoms with Gasteiger partial charge in [0, 0.05) is 12.1 Å². The lowest BCUT2D eigenvalue weighted by molar-refractivity contribution is -0.137. The van der Waals surface area contributed by atoms with Crippen molar-refractivity contribution in [1.82, 2.24) is 4.90 Å². The number of carbonyl (C=O) groups is 2.